The maximum absolute atomic E-state index is 13.0. The second-order valence-corrected chi connectivity index (χ2v) is 5.72. The average Bonchev–Trinajstić information content (AvgIpc) is 2.38. The Kier molecular flexibility index (Phi) is 4.00. The zero-order valence-electron chi connectivity index (χ0n) is 11.3. The maximum Gasteiger partial charge on any atom is 0.141 e. The van der Waals surface area contributed by atoms with Crippen molar-refractivity contribution in [2.75, 3.05) is 0 Å². The topological polar surface area (TPSA) is 38.9 Å². The van der Waals surface area contributed by atoms with Crippen molar-refractivity contribution in [2.24, 2.45) is 17.6 Å². The summed E-state index contributed by atoms with van der Waals surface area (Å²) in [5, 5.41) is 0. The van der Waals surface area contributed by atoms with Gasteiger partial charge >= 0.3 is 0 Å². The predicted octanol–water partition coefficient (Wildman–Crippen LogP) is 3.61. The maximum atomic E-state index is 13.0. The van der Waals surface area contributed by atoms with Crippen molar-refractivity contribution in [3.8, 4) is 0 Å². The molecular formula is C15H23FN2. The lowest BCUT2D eigenvalue weighted by atomic mass is 9.69. The van der Waals surface area contributed by atoms with Crippen molar-refractivity contribution in [3.63, 3.8) is 0 Å². The van der Waals surface area contributed by atoms with Crippen LogP contribution in [0.1, 0.15) is 51.6 Å². The van der Waals surface area contributed by atoms with Crippen LogP contribution in [0.5, 0.6) is 0 Å². The summed E-state index contributed by atoms with van der Waals surface area (Å²) in [5.74, 6) is 0.900. The highest BCUT2D eigenvalue weighted by molar-refractivity contribution is 5.17. The Morgan fingerprint density at radius 2 is 2.22 bits per heavy atom. The summed E-state index contributed by atoms with van der Waals surface area (Å²) in [7, 11) is 0. The molecule has 1 aliphatic rings. The fourth-order valence-electron chi connectivity index (χ4n) is 3.23. The minimum Gasteiger partial charge on any atom is -0.320 e. The average molecular weight is 250 g/mol. The Morgan fingerprint density at radius 1 is 1.44 bits per heavy atom. The van der Waals surface area contributed by atoms with Crippen molar-refractivity contribution in [1.29, 1.82) is 0 Å². The Balaban J connectivity index is 2.26. The van der Waals surface area contributed by atoms with Crippen molar-refractivity contribution in [3.05, 3.63) is 29.8 Å². The van der Waals surface area contributed by atoms with Crippen molar-refractivity contribution < 1.29 is 4.39 Å². The van der Waals surface area contributed by atoms with Gasteiger partial charge in [0.1, 0.15) is 5.82 Å². The second kappa shape index (κ2) is 5.35. The normalized spacial score (nSPS) is 27.8. The number of nitrogens with two attached hydrogens (primary N) is 1. The van der Waals surface area contributed by atoms with Crippen LogP contribution in [0.2, 0.25) is 0 Å². The van der Waals surface area contributed by atoms with E-state index in [2.05, 4.69) is 18.8 Å². The van der Waals surface area contributed by atoms with E-state index in [0.717, 1.165) is 30.9 Å². The van der Waals surface area contributed by atoms with Gasteiger partial charge in [-0.15, -0.1) is 0 Å². The highest BCUT2D eigenvalue weighted by Gasteiger charge is 2.38. The lowest BCUT2D eigenvalue weighted by Crippen LogP contribution is -2.46. The molecular weight excluding hydrogens is 227 g/mol. The second-order valence-electron chi connectivity index (χ2n) is 5.72. The summed E-state index contributed by atoms with van der Waals surface area (Å²) < 4.78 is 13.0. The molecule has 2 N–H and O–H groups in total. The summed E-state index contributed by atoms with van der Waals surface area (Å²) in [6.45, 7) is 4.39. The smallest absolute Gasteiger partial charge is 0.141 e. The molecule has 1 aliphatic carbocycles. The summed E-state index contributed by atoms with van der Waals surface area (Å²) in [6, 6.07) is 3.21. The molecule has 3 heteroatoms. The molecule has 2 rings (SSSR count). The van der Waals surface area contributed by atoms with Crippen LogP contribution in [0.25, 0.3) is 0 Å². The fourth-order valence-corrected chi connectivity index (χ4v) is 3.23. The van der Waals surface area contributed by atoms with E-state index in [0.29, 0.717) is 5.92 Å². The SMILES string of the molecule is CCC(N)(c1ccc(F)cn1)C1CCCC(C)C1. The third kappa shape index (κ3) is 2.56. The van der Waals surface area contributed by atoms with Gasteiger partial charge in [-0.3, -0.25) is 4.98 Å². The standard InChI is InChI=1S/C15H23FN2/c1-3-15(17,12-6-4-5-11(2)9-12)14-8-7-13(16)10-18-14/h7-8,10-12H,3-6,9,17H2,1-2H3. The highest BCUT2D eigenvalue weighted by Crippen LogP contribution is 2.40. The molecule has 1 fully saturated rings. The fraction of sp³-hybridized carbons (Fsp3) is 0.667. The van der Waals surface area contributed by atoms with Gasteiger partial charge in [0, 0.05) is 0 Å². The number of aromatic nitrogens is 1. The Labute approximate surface area is 109 Å². The third-order valence-corrected chi connectivity index (χ3v) is 4.45. The lowest BCUT2D eigenvalue weighted by Gasteiger charge is -2.40. The largest absolute Gasteiger partial charge is 0.320 e. The van der Waals surface area contributed by atoms with Gasteiger partial charge in [-0.1, -0.05) is 26.7 Å². The van der Waals surface area contributed by atoms with Gasteiger partial charge in [-0.2, -0.15) is 0 Å². The molecule has 1 heterocycles. The van der Waals surface area contributed by atoms with E-state index >= 15 is 0 Å². The first-order valence-electron chi connectivity index (χ1n) is 6.97. The van der Waals surface area contributed by atoms with Crippen molar-refractivity contribution in [1.82, 2.24) is 4.98 Å². The molecule has 3 atom stereocenters. The molecule has 0 saturated heterocycles. The number of nitrogens with zero attached hydrogens (tertiary/aromatic N) is 1. The Bertz CT molecular complexity index is 390. The summed E-state index contributed by atoms with van der Waals surface area (Å²) in [5.41, 5.74) is 7.06. The first-order chi connectivity index (χ1) is 8.56. The molecule has 1 aromatic heterocycles. The summed E-state index contributed by atoms with van der Waals surface area (Å²) in [6.07, 6.45) is 6.98. The van der Waals surface area contributed by atoms with E-state index in [1.54, 1.807) is 6.07 Å². The van der Waals surface area contributed by atoms with Gasteiger partial charge in [0.25, 0.3) is 0 Å². The molecule has 1 aromatic rings. The van der Waals surface area contributed by atoms with E-state index in [1.807, 2.05) is 0 Å². The van der Waals surface area contributed by atoms with E-state index in [4.69, 9.17) is 5.73 Å². The quantitative estimate of drug-likeness (QED) is 0.890. The number of halogens is 1. The Morgan fingerprint density at radius 3 is 2.78 bits per heavy atom. The first kappa shape index (κ1) is 13.5. The van der Waals surface area contributed by atoms with Crippen LogP contribution in [0.15, 0.2) is 18.3 Å². The minimum absolute atomic E-state index is 0.297. The number of hydrogen-bond acceptors (Lipinski definition) is 2. The van der Waals surface area contributed by atoms with Gasteiger partial charge in [0.2, 0.25) is 0 Å². The number of hydrogen-bond donors (Lipinski definition) is 1. The number of rotatable bonds is 3. The zero-order chi connectivity index (χ0) is 13.2. The van der Waals surface area contributed by atoms with Crippen molar-refractivity contribution in [2.45, 2.75) is 51.5 Å². The monoisotopic (exact) mass is 250 g/mol. The van der Waals surface area contributed by atoms with E-state index in [1.165, 1.54) is 25.1 Å². The van der Waals surface area contributed by atoms with Gasteiger partial charge < -0.3 is 5.73 Å². The van der Waals surface area contributed by atoms with Crippen molar-refractivity contribution >= 4 is 0 Å². The molecule has 0 aliphatic heterocycles. The predicted molar refractivity (Wildman–Crippen MR) is 71.5 cm³/mol. The van der Waals surface area contributed by atoms with Gasteiger partial charge in [0.15, 0.2) is 0 Å². The molecule has 18 heavy (non-hydrogen) atoms. The molecule has 3 unspecified atom stereocenters. The third-order valence-electron chi connectivity index (χ3n) is 4.45. The van der Waals surface area contributed by atoms with Crippen LogP contribution in [-0.2, 0) is 5.54 Å². The van der Waals surface area contributed by atoms with Crippen LogP contribution < -0.4 is 5.73 Å². The van der Waals surface area contributed by atoms with Gasteiger partial charge in [-0.25, -0.2) is 4.39 Å². The van der Waals surface area contributed by atoms with Gasteiger partial charge in [-0.05, 0) is 43.2 Å². The highest BCUT2D eigenvalue weighted by atomic mass is 19.1. The number of pyridine rings is 1. The molecule has 0 spiro atoms. The minimum atomic E-state index is -0.400. The van der Waals surface area contributed by atoms with E-state index in [9.17, 15) is 4.39 Å². The van der Waals surface area contributed by atoms with E-state index < -0.39 is 5.54 Å². The van der Waals surface area contributed by atoms with E-state index in [-0.39, 0.29) is 5.82 Å². The molecule has 2 nitrogen and oxygen atoms in total. The first-order valence-corrected chi connectivity index (χ1v) is 6.97. The Hall–Kier alpha value is -0.960. The molecule has 0 aromatic carbocycles. The zero-order valence-corrected chi connectivity index (χ0v) is 11.3. The molecule has 0 bridgehead atoms. The summed E-state index contributed by atoms with van der Waals surface area (Å²) in [4.78, 5) is 4.22. The summed E-state index contributed by atoms with van der Waals surface area (Å²) >= 11 is 0. The lowest BCUT2D eigenvalue weighted by molar-refractivity contribution is 0.162. The van der Waals surface area contributed by atoms with Crippen LogP contribution in [-0.4, -0.2) is 4.98 Å². The van der Waals surface area contributed by atoms with Gasteiger partial charge in [0.05, 0.1) is 17.4 Å². The molecule has 100 valence electrons. The molecule has 0 amide bonds. The van der Waals surface area contributed by atoms with Crippen LogP contribution in [0.4, 0.5) is 4.39 Å². The molecule has 0 radical (unpaired) electrons. The molecule has 1 saturated carbocycles. The van der Waals surface area contributed by atoms with Crippen LogP contribution >= 0.6 is 0 Å². The van der Waals surface area contributed by atoms with Crippen LogP contribution in [0, 0.1) is 17.7 Å². The van der Waals surface area contributed by atoms with Crippen LogP contribution in [0.3, 0.4) is 0 Å².